The summed E-state index contributed by atoms with van der Waals surface area (Å²) in [5, 5.41) is 0. The molecule has 0 radical (unpaired) electrons. The molecule has 0 saturated heterocycles. The van der Waals surface area contributed by atoms with Crippen LogP contribution in [0.25, 0.3) is 0 Å². The van der Waals surface area contributed by atoms with Crippen molar-refractivity contribution in [2.45, 2.75) is 182 Å². The molecule has 0 aliphatic heterocycles. The van der Waals surface area contributed by atoms with Crippen molar-refractivity contribution in [2.75, 3.05) is 0 Å². The number of carbonyl (C=O) groups excluding carboxylic acids is 2. The Morgan fingerprint density at radius 3 is 1.18 bits per heavy atom. The lowest BCUT2D eigenvalue weighted by atomic mass is 9.83. The maximum Gasteiger partial charge on any atom is 0.385 e. The molecule has 0 aliphatic rings. The molecule has 4 heteroatoms. The third kappa shape index (κ3) is 15.8. The molecule has 222 valence electrons. The summed E-state index contributed by atoms with van der Waals surface area (Å²) >= 11 is 0. The predicted molar refractivity (Wildman–Crippen MR) is 161 cm³/mol. The molecule has 0 fully saturated rings. The normalized spacial score (nSPS) is 15.9. The Hall–Kier alpha value is -1.50. The molecule has 0 amide bonds. The molecular weight excluding hydrogens is 472 g/mol. The zero-order valence-corrected chi connectivity index (χ0v) is 26.5. The Morgan fingerprint density at radius 2 is 0.868 bits per heavy atom. The maximum atomic E-state index is 12.7. The van der Waals surface area contributed by atoms with Crippen LogP contribution in [0.4, 0.5) is 0 Å². The van der Waals surface area contributed by atoms with Gasteiger partial charge in [-0.05, 0) is 51.4 Å². The summed E-state index contributed by atoms with van der Waals surface area (Å²) in [5.74, 6) is 4.07. The maximum absolute atomic E-state index is 12.7. The van der Waals surface area contributed by atoms with Crippen LogP contribution >= 0.6 is 0 Å². The lowest BCUT2D eigenvalue weighted by molar-refractivity contribution is -0.159. The van der Waals surface area contributed by atoms with E-state index in [1.807, 2.05) is 13.8 Å². The Balaban J connectivity index is 4.95. The molecule has 4 atom stereocenters. The molecule has 0 saturated carbocycles. The second kappa shape index (κ2) is 21.3. The first-order valence-corrected chi connectivity index (χ1v) is 16.1. The van der Waals surface area contributed by atoms with Gasteiger partial charge in [0, 0.05) is 11.8 Å². The second-order valence-corrected chi connectivity index (χ2v) is 12.1. The number of hydrogen-bond acceptors (Lipinski definition) is 4. The van der Waals surface area contributed by atoms with Gasteiger partial charge >= 0.3 is 11.9 Å². The summed E-state index contributed by atoms with van der Waals surface area (Å²) in [6, 6.07) is 0. The molecule has 0 spiro atoms. The minimum atomic E-state index is -0.634. The second-order valence-electron chi connectivity index (χ2n) is 12.1. The van der Waals surface area contributed by atoms with Crippen LogP contribution in [0.5, 0.6) is 0 Å². The third-order valence-electron chi connectivity index (χ3n) is 8.48. The van der Waals surface area contributed by atoms with Crippen LogP contribution in [-0.4, -0.2) is 23.1 Å². The van der Waals surface area contributed by atoms with E-state index in [0.29, 0.717) is 0 Å². The average molecular weight is 535 g/mol. The fourth-order valence-corrected chi connectivity index (χ4v) is 5.44. The molecule has 38 heavy (non-hydrogen) atoms. The van der Waals surface area contributed by atoms with E-state index in [2.05, 4.69) is 53.4 Å². The average Bonchev–Trinajstić information content (AvgIpc) is 2.86. The highest BCUT2D eigenvalue weighted by Crippen LogP contribution is 2.32. The monoisotopic (exact) mass is 534 g/mol. The minimum absolute atomic E-state index is 0.238. The van der Waals surface area contributed by atoms with Crippen molar-refractivity contribution in [1.82, 2.24) is 0 Å². The van der Waals surface area contributed by atoms with Crippen molar-refractivity contribution in [3.05, 3.63) is 0 Å². The summed E-state index contributed by atoms with van der Waals surface area (Å²) < 4.78 is 11.8. The van der Waals surface area contributed by atoms with Gasteiger partial charge in [0.05, 0.1) is 0 Å². The Labute approximate surface area is 236 Å². The molecule has 0 bridgehead atoms. The predicted octanol–water partition coefficient (Wildman–Crippen LogP) is 9.97. The van der Waals surface area contributed by atoms with Crippen LogP contribution in [0.1, 0.15) is 171 Å². The smallest absolute Gasteiger partial charge is 0.385 e. The third-order valence-corrected chi connectivity index (χ3v) is 8.48. The highest BCUT2D eigenvalue weighted by atomic mass is 16.6. The van der Waals surface area contributed by atoms with Crippen LogP contribution < -0.4 is 0 Å². The van der Waals surface area contributed by atoms with E-state index in [0.717, 1.165) is 51.4 Å². The van der Waals surface area contributed by atoms with Crippen molar-refractivity contribution in [2.24, 2.45) is 11.8 Å². The number of rotatable bonds is 22. The fourth-order valence-electron chi connectivity index (χ4n) is 5.44. The summed E-state index contributed by atoms with van der Waals surface area (Å²) in [7, 11) is 0. The van der Waals surface area contributed by atoms with Crippen molar-refractivity contribution in [3.63, 3.8) is 0 Å². The topological polar surface area (TPSA) is 52.6 Å². The number of carbonyl (C=O) groups is 2. The molecule has 0 aromatic heterocycles. The molecule has 0 heterocycles. The van der Waals surface area contributed by atoms with Crippen molar-refractivity contribution < 1.29 is 19.1 Å². The highest BCUT2D eigenvalue weighted by Gasteiger charge is 2.35. The van der Waals surface area contributed by atoms with Crippen LogP contribution in [0.15, 0.2) is 0 Å². The first-order valence-electron chi connectivity index (χ1n) is 16.1. The van der Waals surface area contributed by atoms with Crippen LogP contribution in [0.2, 0.25) is 0 Å². The first-order chi connectivity index (χ1) is 18.1. The van der Waals surface area contributed by atoms with E-state index in [4.69, 9.17) is 9.47 Å². The lowest BCUT2D eigenvalue weighted by Crippen LogP contribution is -2.39. The van der Waals surface area contributed by atoms with E-state index in [1.165, 1.54) is 64.2 Å². The van der Waals surface area contributed by atoms with Gasteiger partial charge in [-0.2, -0.15) is 0 Å². The quantitative estimate of drug-likeness (QED) is 0.0600. The summed E-state index contributed by atoms with van der Waals surface area (Å²) in [4.78, 5) is 25.3. The largest absolute Gasteiger partial charge is 0.449 e. The SMILES string of the molecule is CCCCCCCCC(C)C(C)(CCC)OC(=O)C#CC(=O)OC(C)(CCC)C(C)CCCCCCCC. The van der Waals surface area contributed by atoms with Gasteiger partial charge in [0.2, 0.25) is 0 Å². The molecule has 0 N–H and O–H groups in total. The fraction of sp³-hybridized carbons (Fsp3) is 0.882. The minimum Gasteiger partial charge on any atom is -0.449 e. The molecule has 0 aromatic carbocycles. The van der Waals surface area contributed by atoms with Gasteiger partial charge in [0.1, 0.15) is 11.2 Å². The number of ether oxygens (including phenoxy) is 2. The zero-order valence-electron chi connectivity index (χ0n) is 26.5. The van der Waals surface area contributed by atoms with Gasteiger partial charge in [-0.25, -0.2) is 9.59 Å². The van der Waals surface area contributed by atoms with Gasteiger partial charge in [-0.1, -0.05) is 131 Å². The Bertz CT molecular complexity index is 634. The molecule has 0 aromatic rings. The van der Waals surface area contributed by atoms with Crippen LogP contribution in [0.3, 0.4) is 0 Å². The molecule has 4 unspecified atom stereocenters. The molecule has 0 rings (SSSR count). The first kappa shape index (κ1) is 36.5. The Morgan fingerprint density at radius 1 is 0.553 bits per heavy atom. The number of esters is 2. The van der Waals surface area contributed by atoms with E-state index in [1.54, 1.807) is 0 Å². The van der Waals surface area contributed by atoms with E-state index >= 15 is 0 Å². The van der Waals surface area contributed by atoms with Gasteiger partial charge in [0.25, 0.3) is 0 Å². The van der Waals surface area contributed by atoms with E-state index in [-0.39, 0.29) is 11.8 Å². The van der Waals surface area contributed by atoms with Crippen molar-refractivity contribution in [3.8, 4) is 11.8 Å². The van der Waals surface area contributed by atoms with E-state index < -0.39 is 23.1 Å². The van der Waals surface area contributed by atoms with Crippen LogP contribution in [0, 0.1) is 23.7 Å². The van der Waals surface area contributed by atoms with Crippen molar-refractivity contribution in [1.29, 1.82) is 0 Å². The molecule has 4 nitrogen and oxygen atoms in total. The number of unbranched alkanes of at least 4 members (excludes halogenated alkanes) is 10. The van der Waals surface area contributed by atoms with Crippen LogP contribution in [-0.2, 0) is 19.1 Å². The summed E-state index contributed by atoms with van der Waals surface area (Å²) in [6.45, 7) is 17.0. The molecule has 0 aliphatic carbocycles. The Kier molecular flexibility index (Phi) is 20.5. The van der Waals surface area contributed by atoms with Gasteiger partial charge in [-0.3, -0.25) is 0 Å². The van der Waals surface area contributed by atoms with E-state index in [9.17, 15) is 9.59 Å². The summed E-state index contributed by atoms with van der Waals surface area (Å²) in [6.07, 6.45) is 20.5. The van der Waals surface area contributed by atoms with Gasteiger partial charge in [0.15, 0.2) is 0 Å². The standard InChI is InChI=1S/C34H62O4/c1-9-13-15-17-19-21-23-29(5)33(7,27-11-3)37-31(35)25-26-32(36)38-34(8,28-12-4)30(6)24-22-20-18-16-14-10-2/h29-30H,9-24,27-28H2,1-8H3. The molecular formula is C34H62O4. The summed E-state index contributed by atoms with van der Waals surface area (Å²) in [5.41, 5.74) is -1.15. The highest BCUT2D eigenvalue weighted by molar-refractivity contribution is 5.98. The lowest BCUT2D eigenvalue weighted by Gasteiger charge is -2.35. The zero-order chi connectivity index (χ0) is 28.9. The number of hydrogen-bond donors (Lipinski definition) is 0. The van der Waals surface area contributed by atoms with Gasteiger partial charge < -0.3 is 9.47 Å². The van der Waals surface area contributed by atoms with Gasteiger partial charge in [-0.15, -0.1) is 0 Å². The van der Waals surface area contributed by atoms with Crippen molar-refractivity contribution >= 4 is 11.9 Å².